The number of benzene rings is 1. The van der Waals surface area contributed by atoms with Crippen molar-refractivity contribution in [2.24, 2.45) is 0 Å². The molecule has 0 aliphatic carbocycles. The summed E-state index contributed by atoms with van der Waals surface area (Å²) in [7, 11) is 0. The Morgan fingerprint density at radius 1 is 1.26 bits per heavy atom. The largest absolute Gasteiger partial charge is 0.356 e. The van der Waals surface area contributed by atoms with E-state index >= 15 is 0 Å². The van der Waals surface area contributed by atoms with Crippen molar-refractivity contribution in [3.05, 3.63) is 47.1 Å². The summed E-state index contributed by atoms with van der Waals surface area (Å²) < 4.78 is 1.83. The summed E-state index contributed by atoms with van der Waals surface area (Å²) in [6.07, 6.45) is 2.43. The summed E-state index contributed by atoms with van der Waals surface area (Å²) >= 11 is 1.53. The Morgan fingerprint density at radius 2 is 2.09 bits per heavy atom. The zero-order chi connectivity index (χ0) is 16.1. The third-order valence-corrected chi connectivity index (χ3v) is 4.09. The van der Waals surface area contributed by atoms with Crippen LogP contribution >= 0.6 is 11.3 Å². The highest BCUT2D eigenvalue weighted by Crippen LogP contribution is 2.23. The van der Waals surface area contributed by atoms with E-state index in [0.717, 1.165) is 27.0 Å². The molecule has 116 valence electrons. The molecule has 0 amide bonds. The molecule has 23 heavy (non-hydrogen) atoms. The average Bonchev–Trinajstić information content (AvgIpc) is 3.18. The van der Waals surface area contributed by atoms with Gasteiger partial charge in [-0.25, -0.2) is 0 Å². The standard InChI is InChI=1S/C16H16N6S/c1-12-19-20-16(23-12)18-10-14-11-22(9-5-8-17)21-15(14)13-6-3-2-4-7-13/h2-4,6-7,11H,5,9-10H2,1H3,(H,18,20). The second-order valence-corrected chi connectivity index (χ2v) is 6.20. The monoisotopic (exact) mass is 324 g/mol. The molecule has 2 aromatic heterocycles. The number of aromatic nitrogens is 4. The molecule has 0 saturated carbocycles. The van der Waals surface area contributed by atoms with Crippen LogP contribution in [0.25, 0.3) is 11.3 Å². The maximum Gasteiger partial charge on any atom is 0.205 e. The molecule has 0 bridgehead atoms. The number of aryl methyl sites for hydroxylation is 2. The van der Waals surface area contributed by atoms with Gasteiger partial charge in [0.1, 0.15) is 5.01 Å². The second-order valence-electron chi connectivity index (χ2n) is 5.02. The normalized spacial score (nSPS) is 10.4. The van der Waals surface area contributed by atoms with Crippen LogP contribution in [0.3, 0.4) is 0 Å². The minimum atomic E-state index is 0.443. The van der Waals surface area contributed by atoms with Gasteiger partial charge < -0.3 is 5.32 Å². The molecule has 3 aromatic rings. The first-order valence-corrected chi connectivity index (χ1v) is 8.10. The molecule has 2 heterocycles. The van der Waals surface area contributed by atoms with E-state index in [0.29, 0.717) is 19.5 Å². The van der Waals surface area contributed by atoms with Gasteiger partial charge in [-0.05, 0) is 6.92 Å². The summed E-state index contributed by atoms with van der Waals surface area (Å²) in [6, 6.07) is 12.2. The van der Waals surface area contributed by atoms with Crippen LogP contribution in [0.1, 0.15) is 17.0 Å². The van der Waals surface area contributed by atoms with Gasteiger partial charge in [-0.3, -0.25) is 4.68 Å². The zero-order valence-corrected chi connectivity index (χ0v) is 13.5. The van der Waals surface area contributed by atoms with Gasteiger partial charge in [0, 0.05) is 23.9 Å². The molecule has 0 spiro atoms. The van der Waals surface area contributed by atoms with Gasteiger partial charge in [0.2, 0.25) is 5.13 Å². The minimum Gasteiger partial charge on any atom is -0.356 e. The molecule has 0 radical (unpaired) electrons. The van der Waals surface area contributed by atoms with E-state index < -0.39 is 0 Å². The van der Waals surface area contributed by atoms with E-state index in [-0.39, 0.29) is 0 Å². The maximum absolute atomic E-state index is 8.76. The second kappa shape index (κ2) is 7.03. The molecule has 0 atom stereocenters. The van der Waals surface area contributed by atoms with E-state index in [2.05, 4.69) is 26.7 Å². The first kappa shape index (κ1) is 15.2. The number of hydrogen-bond donors (Lipinski definition) is 1. The van der Waals surface area contributed by atoms with Crippen LogP contribution in [0.2, 0.25) is 0 Å². The average molecular weight is 324 g/mol. The van der Waals surface area contributed by atoms with Crippen LogP contribution in [0, 0.1) is 18.3 Å². The van der Waals surface area contributed by atoms with Crippen molar-refractivity contribution >= 4 is 16.5 Å². The van der Waals surface area contributed by atoms with Crippen molar-refractivity contribution in [1.29, 1.82) is 5.26 Å². The van der Waals surface area contributed by atoms with Crippen molar-refractivity contribution in [2.75, 3.05) is 5.32 Å². The highest BCUT2D eigenvalue weighted by Gasteiger charge is 2.11. The number of nitriles is 1. The van der Waals surface area contributed by atoms with Crippen molar-refractivity contribution in [1.82, 2.24) is 20.0 Å². The smallest absolute Gasteiger partial charge is 0.205 e. The van der Waals surface area contributed by atoms with E-state index in [4.69, 9.17) is 5.26 Å². The molecular weight excluding hydrogens is 308 g/mol. The maximum atomic E-state index is 8.76. The highest BCUT2D eigenvalue weighted by atomic mass is 32.1. The first-order chi connectivity index (χ1) is 11.3. The van der Waals surface area contributed by atoms with Crippen molar-refractivity contribution in [2.45, 2.75) is 26.4 Å². The molecule has 0 unspecified atom stereocenters. The Kier molecular flexibility index (Phi) is 4.64. The van der Waals surface area contributed by atoms with Gasteiger partial charge in [0.05, 0.1) is 24.7 Å². The summed E-state index contributed by atoms with van der Waals surface area (Å²) in [6.45, 7) is 3.14. The fourth-order valence-electron chi connectivity index (χ4n) is 2.25. The van der Waals surface area contributed by atoms with Gasteiger partial charge >= 0.3 is 0 Å². The van der Waals surface area contributed by atoms with Gasteiger partial charge in [-0.1, -0.05) is 41.7 Å². The van der Waals surface area contributed by atoms with Crippen molar-refractivity contribution < 1.29 is 0 Å². The minimum absolute atomic E-state index is 0.443. The number of hydrogen-bond acceptors (Lipinski definition) is 6. The summed E-state index contributed by atoms with van der Waals surface area (Å²) in [5, 5.41) is 26.5. The van der Waals surface area contributed by atoms with Gasteiger partial charge in [0.15, 0.2) is 0 Å². The number of nitrogens with zero attached hydrogens (tertiary/aromatic N) is 5. The van der Waals surface area contributed by atoms with Crippen molar-refractivity contribution in [3.63, 3.8) is 0 Å². The molecule has 0 fully saturated rings. The summed E-state index contributed by atoms with van der Waals surface area (Å²) in [5.74, 6) is 0. The van der Waals surface area contributed by atoms with E-state index in [1.807, 2.05) is 48.1 Å². The first-order valence-electron chi connectivity index (χ1n) is 7.29. The molecule has 1 aromatic carbocycles. The van der Waals surface area contributed by atoms with E-state index in [9.17, 15) is 0 Å². The lowest BCUT2D eigenvalue weighted by Crippen LogP contribution is -1.99. The number of nitrogens with one attached hydrogen (secondary N) is 1. The molecule has 0 aliphatic rings. The topological polar surface area (TPSA) is 79.4 Å². The number of rotatable bonds is 6. The predicted octanol–water partition coefficient (Wildman–Crippen LogP) is 3.24. The van der Waals surface area contributed by atoms with Crippen molar-refractivity contribution in [3.8, 4) is 17.3 Å². The predicted molar refractivity (Wildman–Crippen MR) is 89.9 cm³/mol. The summed E-state index contributed by atoms with van der Waals surface area (Å²) in [5.41, 5.74) is 3.06. The highest BCUT2D eigenvalue weighted by molar-refractivity contribution is 7.15. The Hall–Kier alpha value is -2.72. The lowest BCUT2D eigenvalue weighted by atomic mass is 10.1. The third-order valence-electron chi connectivity index (χ3n) is 3.29. The molecule has 6 nitrogen and oxygen atoms in total. The van der Waals surface area contributed by atoms with Crippen LogP contribution in [-0.4, -0.2) is 20.0 Å². The molecular formula is C16H16N6S. The fraction of sp³-hybridized carbons (Fsp3) is 0.250. The molecule has 0 saturated heterocycles. The number of anilines is 1. The van der Waals surface area contributed by atoms with Gasteiger partial charge in [-0.2, -0.15) is 10.4 Å². The quantitative estimate of drug-likeness (QED) is 0.753. The third kappa shape index (κ3) is 3.73. The van der Waals surface area contributed by atoms with Crippen LogP contribution in [0.5, 0.6) is 0 Å². The Balaban J connectivity index is 1.84. The van der Waals surface area contributed by atoms with Crippen LogP contribution in [0.4, 0.5) is 5.13 Å². The Bertz CT molecular complexity index is 815. The van der Waals surface area contributed by atoms with Crippen LogP contribution in [0.15, 0.2) is 36.5 Å². The summed E-state index contributed by atoms with van der Waals surface area (Å²) in [4.78, 5) is 0. The molecule has 3 rings (SSSR count). The lowest BCUT2D eigenvalue weighted by Gasteiger charge is -2.03. The van der Waals surface area contributed by atoms with Crippen LogP contribution in [-0.2, 0) is 13.1 Å². The lowest BCUT2D eigenvalue weighted by molar-refractivity contribution is 0.629. The molecule has 7 heteroatoms. The van der Waals surface area contributed by atoms with E-state index in [1.54, 1.807) is 0 Å². The zero-order valence-electron chi connectivity index (χ0n) is 12.7. The molecule has 0 aliphatic heterocycles. The van der Waals surface area contributed by atoms with E-state index in [1.165, 1.54) is 11.3 Å². The van der Waals surface area contributed by atoms with Crippen LogP contribution < -0.4 is 5.32 Å². The molecule has 1 N–H and O–H groups in total. The Morgan fingerprint density at radius 3 is 2.78 bits per heavy atom. The van der Waals surface area contributed by atoms with Gasteiger partial charge in [-0.15, -0.1) is 10.2 Å². The van der Waals surface area contributed by atoms with Gasteiger partial charge in [0.25, 0.3) is 0 Å². The Labute approximate surface area is 138 Å². The fourth-order valence-corrected chi connectivity index (χ4v) is 2.84. The SMILES string of the molecule is Cc1nnc(NCc2cn(CCC#N)nc2-c2ccccc2)s1.